The van der Waals surface area contributed by atoms with E-state index in [9.17, 15) is 22.8 Å². The van der Waals surface area contributed by atoms with E-state index < -0.39 is 30.2 Å². The standard InChI is InChI=1S/C27H26ClF3N6O4/c1-14-35-36-24-22(23(41-26(39)27(29,30)31)25(38)33-17-9-11-32-12-10-17)34-21(15-3-5-16(28)6-4-15)19-13-18(40-2)7-8-20(19)37(14)24/h3-8,13,17,22-23,32H,9-12H2,1-2H3,(H,33,38)/t22-,23?/m1/s1. The number of benzene rings is 2. The maximum atomic E-state index is 13.6. The first-order chi connectivity index (χ1) is 19.6. The molecule has 41 heavy (non-hydrogen) atoms. The molecule has 14 heteroatoms. The van der Waals surface area contributed by atoms with Crippen LogP contribution in [-0.2, 0) is 14.3 Å². The Balaban J connectivity index is 1.70. The van der Waals surface area contributed by atoms with Crippen molar-refractivity contribution in [1.29, 1.82) is 0 Å². The molecule has 0 radical (unpaired) electrons. The molecule has 2 N–H and O–H groups in total. The van der Waals surface area contributed by atoms with Gasteiger partial charge in [-0.3, -0.25) is 14.4 Å². The molecule has 216 valence electrons. The van der Waals surface area contributed by atoms with E-state index in [0.29, 0.717) is 65.1 Å². The van der Waals surface area contributed by atoms with Gasteiger partial charge in [-0.2, -0.15) is 13.2 Å². The number of methoxy groups -OCH3 is 1. The number of ether oxygens (including phenoxy) is 2. The smallest absolute Gasteiger partial charge is 0.490 e. The number of hydrogen-bond donors (Lipinski definition) is 2. The normalized spacial score (nSPS) is 17.9. The maximum absolute atomic E-state index is 13.6. The van der Waals surface area contributed by atoms with Gasteiger partial charge in [-0.25, -0.2) is 4.79 Å². The summed E-state index contributed by atoms with van der Waals surface area (Å²) in [5.41, 5.74) is 1.91. The molecular formula is C27H26ClF3N6O4. The summed E-state index contributed by atoms with van der Waals surface area (Å²) < 4.78 is 52.3. The summed E-state index contributed by atoms with van der Waals surface area (Å²) in [4.78, 5) is 30.5. The molecule has 2 atom stereocenters. The van der Waals surface area contributed by atoms with Gasteiger partial charge in [0.15, 0.2) is 11.9 Å². The van der Waals surface area contributed by atoms with Gasteiger partial charge in [0.2, 0.25) is 6.10 Å². The Bertz CT molecular complexity index is 1490. The quantitative estimate of drug-likeness (QED) is 0.422. The lowest BCUT2D eigenvalue weighted by atomic mass is 9.99. The van der Waals surface area contributed by atoms with E-state index in [2.05, 4.69) is 20.8 Å². The van der Waals surface area contributed by atoms with Crippen LogP contribution in [0.1, 0.15) is 41.7 Å². The highest BCUT2D eigenvalue weighted by Gasteiger charge is 2.47. The molecule has 1 saturated heterocycles. The number of esters is 1. The maximum Gasteiger partial charge on any atom is 0.490 e. The number of hydrogen-bond acceptors (Lipinski definition) is 8. The highest BCUT2D eigenvalue weighted by Crippen LogP contribution is 2.36. The third-order valence-corrected chi connectivity index (χ3v) is 7.15. The van der Waals surface area contributed by atoms with E-state index in [0.717, 1.165) is 0 Å². The fourth-order valence-corrected chi connectivity index (χ4v) is 5.02. The Morgan fingerprint density at radius 2 is 1.83 bits per heavy atom. The summed E-state index contributed by atoms with van der Waals surface area (Å²) in [5, 5.41) is 14.7. The molecule has 1 amide bonds. The van der Waals surface area contributed by atoms with Crippen molar-refractivity contribution in [2.45, 2.75) is 44.1 Å². The number of carbonyl (C=O) groups is 2. The van der Waals surface area contributed by atoms with Gasteiger partial charge in [0.1, 0.15) is 11.6 Å². The van der Waals surface area contributed by atoms with E-state index in [4.69, 9.17) is 26.1 Å². The molecule has 3 aromatic rings. The summed E-state index contributed by atoms with van der Waals surface area (Å²) in [7, 11) is 1.49. The van der Waals surface area contributed by atoms with Crippen molar-refractivity contribution >= 4 is 29.2 Å². The number of halogens is 4. The van der Waals surface area contributed by atoms with Crippen LogP contribution >= 0.6 is 11.6 Å². The second-order valence-electron chi connectivity index (χ2n) is 9.61. The molecule has 2 aliphatic heterocycles. The van der Waals surface area contributed by atoms with Crippen LogP contribution in [0.25, 0.3) is 5.69 Å². The Labute approximate surface area is 237 Å². The van der Waals surface area contributed by atoms with E-state index in [1.807, 2.05) is 0 Å². The van der Waals surface area contributed by atoms with Crippen LogP contribution < -0.4 is 15.4 Å². The number of carbonyl (C=O) groups excluding carboxylic acids is 2. The Kier molecular flexibility index (Phi) is 8.00. The lowest BCUT2D eigenvalue weighted by molar-refractivity contribution is -0.206. The second-order valence-corrected chi connectivity index (χ2v) is 10.0. The molecule has 1 fully saturated rings. The molecule has 0 bridgehead atoms. The third kappa shape index (κ3) is 5.91. The number of alkyl halides is 3. The zero-order chi connectivity index (χ0) is 29.3. The van der Waals surface area contributed by atoms with Crippen molar-refractivity contribution in [1.82, 2.24) is 25.4 Å². The minimum Gasteiger partial charge on any atom is -0.497 e. The van der Waals surface area contributed by atoms with Gasteiger partial charge in [-0.1, -0.05) is 23.7 Å². The zero-order valence-corrected chi connectivity index (χ0v) is 22.8. The average Bonchev–Trinajstić information content (AvgIpc) is 3.26. The number of fused-ring (bicyclic) bond motifs is 3. The first kappa shape index (κ1) is 28.6. The molecule has 5 rings (SSSR count). The number of nitrogens with one attached hydrogen (secondary N) is 2. The summed E-state index contributed by atoms with van der Waals surface area (Å²) in [6.07, 6.45) is -6.26. The number of aromatic nitrogens is 3. The van der Waals surface area contributed by atoms with Gasteiger partial charge < -0.3 is 20.1 Å². The number of aliphatic imine (C=N–C) groups is 1. The SMILES string of the molecule is COc1ccc2c(c1)C(c1ccc(Cl)cc1)=N[C@H](C(OC(=O)C(F)(F)F)C(=O)NC1CCNCC1)c1nnc(C)n1-2. The van der Waals surface area contributed by atoms with E-state index in [1.54, 1.807) is 54.0 Å². The molecule has 0 saturated carbocycles. The fourth-order valence-electron chi connectivity index (χ4n) is 4.90. The van der Waals surface area contributed by atoms with E-state index in [1.165, 1.54) is 7.11 Å². The molecule has 1 unspecified atom stereocenters. The highest BCUT2D eigenvalue weighted by atomic mass is 35.5. The molecule has 2 aliphatic rings. The van der Waals surface area contributed by atoms with Crippen LogP contribution in [0.4, 0.5) is 13.2 Å². The van der Waals surface area contributed by atoms with Crippen molar-refractivity contribution in [2.75, 3.05) is 20.2 Å². The average molecular weight is 591 g/mol. The molecule has 10 nitrogen and oxygen atoms in total. The van der Waals surface area contributed by atoms with Gasteiger partial charge in [-0.15, -0.1) is 10.2 Å². The molecule has 1 aromatic heterocycles. The molecular weight excluding hydrogens is 565 g/mol. The minimum absolute atomic E-state index is 0.0262. The Morgan fingerprint density at radius 1 is 1.12 bits per heavy atom. The zero-order valence-electron chi connectivity index (χ0n) is 22.0. The van der Waals surface area contributed by atoms with Gasteiger partial charge in [0.05, 0.1) is 18.5 Å². The van der Waals surface area contributed by atoms with Gasteiger partial charge >= 0.3 is 12.1 Å². The van der Waals surface area contributed by atoms with Crippen molar-refractivity contribution in [3.63, 3.8) is 0 Å². The fraction of sp³-hybridized carbons (Fsp3) is 0.370. The van der Waals surface area contributed by atoms with Crippen molar-refractivity contribution < 1.29 is 32.2 Å². The third-order valence-electron chi connectivity index (χ3n) is 6.90. The Hall–Kier alpha value is -3.97. The first-order valence-electron chi connectivity index (χ1n) is 12.8. The minimum atomic E-state index is -5.35. The van der Waals surface area contributed by atoms with E-state index in [-0.39, 0.29) is 11.9 Å². The number of nitrogens with zero attached hydrogens (tertiary/aromatic N) is 4. The summed E-state index contributed by atoms with van der Waals surface area (Å²) in [6.45, 7) is 2.89. The Morgan fingerprint density at radius 3 is 2.49 bits per heavy atom. The number of piperidine rings is 1. The van der Waals surface area contributed by atoms with E-state index >= 15 is 0 Å². The summed E-state index contributed by atoms with van der Waals surface area (Å²) in [5.74, 6) is -2.55. The van der Waals surface area contributed by atoms with Crippen LogP contribution in [-0.4, -0.2) is 70.9 Å². The summed E-state index contributed by atoms with van der Waals surface area (Å²) >= 11 is 6.12. The molecule has 0 aliphatic carbocycles. The lowest BCUT2D eigenvalue weighted by Gasteiger charge is -2.28. The van der Waals surface area contributed by atoms with Crippen LogP contribution in [0.2, 0.25) is 5.02 Å². The summed E-state index contributed by atoms with van der Waals surface area (Å²) in [6, 6.07) is 9.96. The van der Waals surface area contributed by atoms with Crippen LogP contribution in [0.3, 0.4) is 0 Å². The molecule has 0 spiro atoms. The predicted molar refractivity (Wildman–Crippen MR) is 142 cm³/mol. The van der Waals surface area contributed by atoms with Crippen LogP contribution in [0.15, 0.2) is 47.5 Å². The van der Waals surface area contributed by atoms with Crippen LogP contribution in [0, 0.1) is 6.92 Å². The van der Waals surface area contributed by atoms with Gasteiger partial charge in [0.25, 0.3) is 5.91 Å². The van der Waals surface area contributed by atoms with Gasteiger partial charge in [0, 0.05) is 22.2 Å². The number of amides is 1. The second kappa shape index (κ2) is 11.5. The highest BCUT2D eigenvalue weighted by molar-refractivity contribution is 6.30. The first-order valence-corrected chi connectivity index (χ1v) is 13.2. The molecule has 3 heterocycles. The number of rotatable bonds is 6. The van der Waals surface area contributed by atoms with Crippen molar-refractivity contribution in [3.8, 4) is 11.4 Å². The van der Waals surface area contributed by atoms with Crippen LogP contribution in [0.5, 0.6) is 5.75 Å². The topological polar surface area (TPSA) is 120 Å². The monoisotopic (exact) mass is 590 g/mol. The largest absolute Gasteiger partial charge is 0.497 e. The van der Waals surface area contributed by atoms with Crippen molar-refractivity contribution in [3.05, 3.63) is 70.3 Å². The molecule has 2 aromatic carbocycles. The van der Waals surface area contributed by atoms with Gasteiger partial charge in [-0.05, 0) is 63.2 Å². The van der Waals surface area contributed by atoms with Crippen molar-refractivity contribution in [2.24, 2.45) is 4.99 Å². The number of aryl methyl sites for hydroxylation is 1. The predicted octanol–water partition coefficient (Wildman–Crippen LogP) is 3.47. The lowest BCUT2D eigenvalue weighted by Crippen LogP contribution is -2.50.